The number of likely N-dealkylation sites (tertiary alicyclic amines) is 1. The molecular formula is C28H29N3O6. The Morgan fingerprint density at radius 3 is 2.57 bits per heavy atom. The Bertz CT molecular complexity index is 1330. The number of carbonyl (C=O) groups excluding carboxylic acids is 3. The third-order valence-electron chi connectivity index (χ3n) is 6.92. The first-order chi connectivity index (χ1) is 17.8. The number of amides is 2. The van der Waals surface area contributed by atoms with Gasteiger partial charge in [0.2, 0.25) is 0 Å². The Labute approximate surface area is 215 Å². The van der Waals surface area contributed by atoms with E-state index in [0.29, 0.717) is 48.9 Å². The van der Waals surface area contributed by atoms with Gasteiger partial charge in [-0.2, -0.15) is 0 Å². The normalized spacial score (nSPS) is 21.8. The van der Waals surface area contributed by atoms with Gasteiger partial charge in [0, 0.05) is 24.2 Å². The van der Waals surface area contributed by atoms with Gasteiger partial charge < -0.3 is 29.3 Å². The number of para-hydroxylation sites is 1. The molecule has 2 aromatic carbocycles. The summed E-state index contributed by atoms with van der Waals surface area (Å²) in [4.78, 5) is 46.2. The van der Waals surface area contributed by atoms with Gasteiger partial charge in [-0.15, -0.1) is 6.58 Å². The molecule has 1 saturated heterocycles. The molecular weight excluding hydrogens is 474 g/mol. The maximum atomic E-state index is 14.3. The van der Waals surface area contributed by atoms with Crippen LogP contribution in [-0.4, -0.2) is 79.4 Å². The second-order valence-corrected chi connectivity index (χ2v) is 9.46. The van der Waals surface area contributed by atoms with Crippen molar-refractivity contribution < 1.29 is 29.0 Å². The summed E-state index contributed by atoms with van der Waals surface area (Å²) >= 11 is 0. The number of hydrogen-bond donors (Lipinski definition) is 1. The van der Waals surface area contributed by atoms with E-state index in [1.54, 1.807) is 48.5 Å². The Hall–Kier alpha value is -4.11. The molecule has 5 rings (SSSR count). The average molecular weight is 504 g/mol. The van der Waals surface area contributed by atoms with E-state index in [1.807, 2.05) is 19.0 Å². The number of fused-ring (bicyclic) bond motifs is 3. The lowest BCUT2D eigenvalue weighted by Gasteiger charge is -2.34. The lowest BCUT2D eigenvalue weighted by Crippen LogP contribution is -2.52. The summed E-state index contributed by atoms with van der Waals surface area (Å²) in [6.45, 7) is 5.51. The number of rotatable bonds is 7. The van der Waals surface area contributed by atoms with Crippen LogP contribution in [-0.2, 0) is 19.9 Å². The Morgan fingerprint density at radius 1 is 1.11 bits per heavy atom. The average Bonchev–Trinajstić information content (AvgIpc) is 3.27. The van der Waals surface area contributed by atoms with Crippen LogP contribution in [0.5, 0.6) is 11.5 Å². The van der Waals surface area contributed by atoms with Crippen LogP contribution >= 0.6 is 0 Å². The Balaban J connectivity index is 1.74. The van der Waals surface area contributed by atoms with Gasteiger partial charge in [-0.1, -0.05) is 24.3 Å². The van der Waals surface area contributed by atoms with Crippen molar-refractivity contribution in [3.63, 3.8) is 0 Å². The molecule has 192 valence electrons. The van der Waals surface area contributed by atoms with Gasteiger partial charge in [0.25, 0.3) is 17.6 Å². The topological polar surface area (TPSA) is 99.6 Å². The fraction of sp³-hybridized carbons (Fsp3) is 0.321. The van der Waals surface area contributed by atoms with Gasteiger partial charge in [-0.05, 0) is 51.3 Å². The lowest BCUT2D eigenvalue weighted by molar-refractivity contribution is -0.143. The monoisotopic (exact) mass is 503 g/mol. The van der Waals surface area contributed by atoms with Crippen LogP contribution in [0, 0.1) is 0 Å². The number of hydrogen-bond acceptors (Lipinski definition) is 7. The molecule has 37 heavy (non-hydrogen) atoms. The molecule has 1 atom stereocenters. The van der Waals surface area contributed by atoms with Crippen molar-refractivity contribution in [2.75, 3.05) is 51.8 Å². The molecule has 0 bridgehead atoms. The number of aliphatic hydroxyl groups excluding tert-OH is 1. The molecule has 3 aliphatic rings. The lowest BCUT2D eigenvalue weighted by atomic mass is 9.81. The minimum absolute atomic E-state index is 0.155. The number of anilines is 1. The largest absolute Gasteiger partial charge is 0.507 e. The first kappa shape index (κ1) is 24.6. The van der Waals surface area contributed by atoms with Crippen molar-refractivity contribution in [3.05, 3.63) is 71.8 Å². The van der Waals surface area contributed by atoms with Crippen molar-refractivity contribution >= 4 is 29.0 Å². The summed E-state index contributed by atoms with van der Waals surface area (Å²) in [7, 11) is 3.82. The predicted molar refractivity (Wildman–Crippen MR) is 138 cm³/mol. The van der Waals surface area contributed by atoms with E-state index < -0.39 is 28.9 Å². The summed E-state index contributed by atoms with van der Waals surface area (Å²) in [5.74, 6) is -1.70. The molecule has 0 radical (unpaired) electrons. The van der Waals surface area contributed by atoms with Gasteiger partial charge in [0.1, 0.15) is 19.0 Å². The number of Topliss-reactive ketones (excluding diaryl/α,β-unsaturated/α-hetero) is 1. The van der Waals surface area contributed by atoms with Crippen LogP contribution in [0.25, 0.3) is 5.76 Å². The van der Waals surface area contributed by atoms with E-state index in [-0.39, 0.29) is 24.2 Å². The van der Waals surface area contributed by atoms with Gasteiger partial charge in [0.05, 0.1) is 11.3 Å². The summed E-state index contributed by atoms with van der Waals surface area (Å²) in [5, 5.41) is 11.6. The second-order valence-electron chi connectivity index (χ2n) is 9.46. The molecule has 1 spiro atoms. The van der Waals surface area contributed by atoms with Crippen LogP contribution in [0.15, 0.2) is 60.7 Å². The van der Waals surface area contributed by atoms with E-state index in [0.717, 1.165) is 0 Å². The fourth-order valence-corrected chi connectivity index (χ4v) is 5.36. The maximum absolute atomic E-state index is 14.3. The molecule has 2 amide bonds. The Kier molecular flexibility index (Phi) is 6.25. The zero-order valence-corrected chi connectivity index (χ0v) is 20.9. The first-order valence-electron chi connectivity index (χ1n) is 12.2. The second kappa shape index (κ2) is 9.40. The van der Waals surface area contributed by atoms with E-state index in [1.165, 1.54) is 9.80 Å². The molecule has 0 saturated carbocycles. The highest BCUT2D eigenvalue weighted by atomic mass is 16.6. The quantitative estimate of drug-likeness (QED) is 0.268. The van der Waals surface area contributed by atoms with Crippen molar-refractivity contribution in [2.45, 2.75) is 12.0 Å². The smallest absolute Gasteiger partial charge is 0.296 e. The van der Waals surface area contributed by atoms with Crippen LogP contribution in [0.3, 0.4) is 0 Å². The van der Waals surface area contributed by atoms with Gasteiger partial charge in [0.15, 0.2) is 17.0 Å². The van der Waals surface area contributed by atoms with Crippen molar-refractivity contribution in [3.8, 4) is 11.5 Å². The maximum Gasteiger partial charge on any atom is 0.296 e. The number of nitrogens with zero attached hydrogens (tertiary/aromatic N) is 3. The molecule has 3 heterocycles. The SMILES string of the molecule is C=CCN1C(=O)C2(/C(=C(/O)c3ccc4c(c3)OCCO4)C(=O)C(=O)N2CCCN(C)C)c2ccccc21. The van der Waals surface area contributed by atoms with Crippen LogP contribution in [0.1, 0.15) is 17.5 Å². The van der Waals surface area contributed by atoms with Crippen LogP contribution < -0.4 is 14.4 Å². The van der Waals surface area contributed by atoms with Crippen molar-refractivity contribution in [1.29, 1.82) is 0 Å². The molecule has 1 unspecified atom stereocenters. The van der Waals surface area contributed by atoms with Crippen LogP contribution in [0.4, 0.5) is 5.69 Å². The minimum atomic E-state index is -1.79. The third kappa shape index (κ3) is 3.69. The number of ketones is 1. The van der Waals surface area contributed by atoms with Gasteiger partial charge in [-0.25, -0.2) is 0 Å². The summed E-state index contributed by atoms with van der Waals surface area (Å²) < 4.78 is 11.2. The molecule has 1 fully saturated rings. The van der Waals surface area contributed by atoms with Crippen molar-refractivity contribution in [2.24, 2.45) is 0 Å². The summed E-state index contributed by atoms with van der Waals surface area (Å²) in [5.41, 5.74) is -0.743. The third-order valence-corrected chi connectivity index (χ3v) is 6.92. The van der Waals surface area contributed by atoms with E-state index in [4.69, 9.17) is 9.47 Å². The number of carbonyl (C=O) groups is 3. The summed E-state index contributed by atoms with van der Waals surface area (Å²) in [6, 6.07) is 11.8. The molecule has 1 N–H and O–H groups in total. The highest BCUT2D eigenvalue weighted by Gasteiger charge is 2.66. The predicted octanol–water partition coefficient (Wildman–Crippen LogP) is 2.52. The number of aliphatic hydroxyl groups is 1. The highest BCUT2D eigenvalue weighted by molar-refractivity contribution is 6.50. The van der Waals surface area contributed by atoms with E-state index in [2.05, 4.69) is 6.58 Å². The molecule has 9 heteroatoms. The molecule has 3 aliphatic heterocycles. The molecule has 0 aromatic heterocycles. The van der Waals surface area contributed by atoms with Crippen LogP contribution in [0.2, 0.25) is 0 Å². The van der Waals surface area contributed by atoms with E-state index >= 15 is 0 Å². The zero-order valence-electron chi connectivity index (χ0n) is 20.9. The van der Waals surface area contributed by atoms with Gasteiger partial charge in [-0.3, -0.25) is 14.4 Å². The van der Waals surface area contributed by atoms with E-state index in [9.17, 15) is 19.5 Å². The Morgan fingerprint density at radius 2 is 1.84 bits per heavy atom. The molecule has 2 aromatic rings. The number of ether oxygens (including phenoxy) is 2. The first-order valence-corrected chi connectivity index (χ1v) is 12.2. The van der Waals surface area contributed by atoms with Crippen molar-refractivity contribution in [1.82, 2.24) is 9.80 Å². The van der Waals surface area contributed by atoms with Gasteiger partial charge >= 0.3 is 0 Å². The minimum Gasteiger partial charge on any atom is -0.507 e. The summed E-state index contributed by atoms with van der Waals surface area (Å²) in [6.07, 6.45) is 2.12. The molecule has 0 aliphatic carbocycles. The number of benzene rings is 2. The fourth-order valence-electron chi connectivity index (χ4n) is 5.36. The molecule has 9 nitrogen and oxygen atoms in total. The highest BCUT2D eigenvalue weighted by Crippen LogP contribution is 2.53. The standard InChI is InChI=1S/C28H29N3O6/c1-4-12-30-20-9-6-5-8-19(20)28(27(30)35)23(25(33)26(34)31(28)14-7-13-29(2)3)24(32)18-10-11-21-22(17-18)37-16-15-36-21/h4-6,8-11,17,32H,1,7,12-16H2,2-3H3/b24-23+. The zero-order chi connectivity index (χ0) is 26.3.